The topological polar surface area (TPSA) is 79.2 Å². The van der Waals surface area contributed by atoms with Gasteiger partial charge in [-0.15, -0.1) is 0 Å². The zero-order valence-corrected chi connectivity index (χ0v) is 14.4. The second-order valence-electron chi connectivity index (χ2n) is 6.11. The van der Waals surface area contributed by atoms with Gasteiger partial charge in [0.25, 0.3) is 0 Å². The van der Waals surface area contributed by atoms with Crippen molar-refractivity contribution >= 4 is 17.5 Å². The fourth-order valence-electron chi connectivity index (χ4n) is 2.87. The molecule has 0 bridgehead atoms. The molecule has 1 N–H and O–H groups in total. The van der Waals surface area contributed by atoms with Crippen molar-refractivity contribution in [2.24, 2.45) is 0 Å². The van der Waals surface area contributed by atoms with Crippen LogP contribution < -0.4 is 10.2 Å². The standard InChI is InChI=1S/C16H23N7O/c1-4-6-23-9-12(8-19-23)20-16(24)22-7-5-14-13(10-22)15(21(2)3)18-11-17-14/h8-9,11H,4-7,10H2,1-3H3,(H,20,24). The third-order valence-corrected chi connectivity index (χ3v) is 4.03. The number of hydrogen-bond donors (Lipinski definition) is 1. The van der Waals surface area contributed by atoms with Crippen LogP contribution in [-0.4, -0.2) is 51.3 Å². The van der Waals surface area contributed by atoms with Crippen molar-refractivity contribution < 1.29 is 4.79 Å². The number of carbonyl (C=O) groups is 1. The third-order valence-electron chi connectivity index (χ3n) is 4.03. The molecular weight excluding hydrogens is 306 g/mol. The van der Waals surface area contributed by atoms with E-state index in [1.165, 1.54) is 0 Å². The first-order valence-electron chi connectivity index (χ1n) is 8.17. The predicted molar refractivity (Wildman–Crippen MR) is 92.0 cm³/mol. The van der Waals surface area contributed by atoms with Crippen molar-refractivity contribution in [2.75, 3.05) is 30.9 Å². The first-order chi connectivity index (χ1) is 11.6. The van der Waals surface area contributed by atoms with Gasteiger partial charge in [-0.05, 0) is 6.42 Å². The minimum Gasteiger partial charge on any atom is -0.362 e. The van der Waals surface area contributed by atoms with Crippen LogP contribution in [0.1, 0.15) is 24.6 Å². The molecule has 2 amide bonds. The Morgan fingerprint density at radius 2 is 2.21 bits per heavy atom. The Bertz CT molecular complexity index is 725. The Morgan fingerprint density at radius 1 is 1.38 bits per heavy atom. The largest absolute Gasteiger partial charge is 0.362 e. The van der Waals surface area contributed by atoms with Gasteiger partial charge < -0.3 is 15.1 Å². The highest BCUT2D eigenvalue weighted by Gasteiger charge is 2.25. The number of rotatable bonds is 4. The maximum atomic E-state index is 12.5. The summed E-state index contributed by atoms with van der Waals surface area (Å²) in [4.78, 5) is 25.0. The number of nitrogens with zero attached hydrogens (tertiary/aromatic N) is 6. The third kappa shape index (κ3) is 3.32. The number of aromatic nitrogens is 4. The molecule has 128 valence electrons. The van der Waals surface area contributed by atoms with Gasteiger partial charge in [-0.2, -0.15) is 5.10 Å². The van der Waals surface area contributed by atoms with Crippen LogP contribution in [0.15, 0.2) is 18.7 Å². The monoisotopic (exact) mass is 329 g/mol. The highest BCUT2D eigenvalue weighted by atomic mass is 16.2. The molecule has 3 heterocycles. The summed E-state index contributed by atoms with van der Waals surface area (Å²) in [5.41, 5.74) is 2.76. The van der Waals surface area contributed by atoms with E-state index in [0.717, 1.165) is 42.1 Å². The van der Waals surface area contributed by atoms with Crippen molar-refractivity contribution in [1.82, 2.24) is 24.6 Å². The number of nitrogens with one attached hydrogen (secondary N) is 1. The minimum absolute atomic E-state index is 0.120. The van der Waals surface area contributed by atoms with Crippen molar-refractivity contribution in [2.45, 2.75) is 32.9 Å². The first kappa shape index (κ1) is 16.2. The maximum Gasteiger partial charge on any atom is 0.322 e. The number of anilines is 2. The molecule has 8 heteroatoms. The second-order valence-corrected chi connectivity index (χ2v) is 6.11. The quantitative estimate of drug-likeness (QED) is 0.924. The van der Waals surface area contributed by atoms with Gasteiger partial charge in [0.15, 0.2) is 0 Å². The van der Waals surface area contributed by atoms with Crippen LogP contribution in [-0.2, 0) is 19.5 Å². The molecule has 2 aromatic rings. The minimum atomic E-state index is -0.120. The molecule has 0 saturated carbocycles. The number of hydrogen-bond acceptors (Lipinski definition) is 5. The van der Waals surface area contributed by atoms with Crippen LogP contribution in [0.4, 0.5) is 16.3 Å². The molecule has 2 aromatic heterocycles. The summed E-state index contributed by atoms with van der Waals surface area (Å²) in [6.45, 7) is 4.09. The number of aryl methyl sites for hydroxylation is 1. The van der Waals surface area contributed by atoms with E-state index in [4.69, 9.17) is 0 Å². The van der Waals surface area contributed by atoms with E-state index in [9.17, 15) is 4.79 Å². The second kappa shape index (κ2) is 6.86. The zero-order chi connectivity index (χ0) is 17.1. The number of amides is 2. The molecule has 24 heavy (non-hydrogen) atoms. The van der Waals surface area contributed by atoms with Gasteiger partial charge in [-0.1, -0.05) is 6.92 Å². The summed E-state index contributed by atoms with van der Waals surface area (Å²) >= 11 is 0. The number of fused-ring (bicyclic) bond motifs is 1. The molecule has 8 nitrogen and oxygen atoms in total. The summed E-state index contributed by atoms with van der Waals surface area (Å²) in [5.74, 6) is 0.869. The average Bonchev–Trinajstić information content (AvgIpc) is 3.01. The molecular formula is C16H23N7O. The zero-order valence-electron chi connectivity index (χ0n) is 14.4. The number of urea groups is 1. The summed E-state index contributed by atoms with van der Waals surface area (Å²) < 4.78 is 1.83. The van der Waals surface area contributed by atoms with E-state index in [1.54, 1.807) is 17.4 Å². The molecule has 0 unspecified atom stereocenters. The molecule has 0 fully saturated rings. The van der Waals surface area contributed by atoms with Crippen molar-refractivity contribution in [3.05, 3.63) is 30.0 Å². The fourth-order valence-corrected chi connectivity index (χ4v) is 2.87. The van der Waals surface area contributed by atoms with E-state index >= 15 is 0 Å². The van der Waals surface area contributed by atoms with Crippen LogP contribution in [0.25, 0.3) is 0 Å². The van der Waals surface area contributed by atoms with E-state index in [2.05, 4.69) is 27.3 Å². The van der Waals surface area contributed by atoms with E-state index in [0.29, 0.717) is 13.1 Å². The molecule has 1 aliphatic heterocycles. The summed E-state index contributed by atoms with van der Waals surface area (Å²) in [6.07, 6.45) is 6.87. The van der Waals surface area contributed by atoms with E-state index < -0.39 is 0 Å². The smallest absolute Gasteiger partial charge is 0.322 e. The van der Waals surface area contributed by atoms with Gasteiger partial charge in [0.2, 0.25) is 0 Å². The summed E-state index contributed by atoms with van der Waals surface area (Å²) in [6, 6.07) is -0.120. The summed E-state index contributed by atoms with van der Waals surface area (Å²) in [7, 11) is 3.90. The molecule has 3 rings (SSSR count). The SMILES string of the molecule is CCCn1cc(NC(=O)N2CCc3ncnc(N(C)C)c3C2)cn1. The van der Waals surface area contributed by atoms with E-state index in [1.807, 2.05) is 29.9 Å². The van der Waals surface area contributed by atoms with Crippen LogP contribution in [0.2, 0.25) is 0 Å². The molecule has 0 aliphatic carbocycles. The normalized spacial score (nSPS) is 13.5. The summed E-state index contributed by atoms with van der Waals surface area (Å²) in [5, 5.41) is 7.15. The van der Waals surface area contributed by atoms with Gasteiger partial charge in [0.1, 0.15) is 12.1 Å². The van der Waals surface area contributed by atoms with Crippen LogP contribution in [0.3, 0.4) is 0 Å². The fraction of sp³-hybridized carbons (Fsp3) is 0.500. The highest BCUT2D eigenvalue weighted by Crippen LogP contribution is 2.24. The lowest BCUT2D eigenvalue weighted by molar-refractivity contribution is 0.206. The average molecular weight is 329 g/mol. The Morgan fingerprint density at radius 3 is 2.96 bits per heavy atom. The molecule has 0 spiro atoms. The Kier molecular flexibility index (Phi) is 4.64. The van der Waals surface area contributed by atoms with Gasteiger partial charge in [0.05, 0.1) is 24.1 Å². The Labute approximate surface area is 141 Å². The van der Waals surface area contributed by atoms with Gasteiger partial charge in [0, 0.05) is 45.4 Å². The van der Waals surface area contributed by atoms with Crippen LogP contribution in [0.5, 0.6) is 0 Å². The predicted octanol–water partition coefficient (Wildman–Crippen LogP) is 1.74. The van der Waals surface area contributed by atoms with Gasteiger partial charge in [-0.25, -0.2) is 14.8 Å². The Hall–Kier alpha value is -2.64. The van der Waals surface area contributed by atoms with Crippen molar-refractivity contribution in [1.29, 1.82) is 0 Å². The van der Waals surface area contributed by atoms with Crippen LogP contribution in [0, 0.1) is 0 Å². The lowest BCUT2D eigenvalue weighted by Gasteiger charge is -2.30. The lowest BCUT2D eigenvalue weighted by atomic mass is 10.1. The van der Waals surface area contributed by atoms with E-state index in [-0.39, 0.29) is 6.03 Å². The molecule has 0 aromatic carbocycles. The van der Waals surface area contributed by atoms with Gasteiger partial charge >= 0.3 is 6.03 Å². The molecule has 0 atom stereocenters. The maximum absolute atomic E-state index is 12.5. The molecule has 0 saturated heterocycles. The Balaban J connectivity index is 1.71. The highest BCUT2D eigenvalue weighted by molar-refractivity contribution is 5.89. The lowest BCUT2D eigenvalue weighted by Crippen LogP contribution is -2.40. The van der Waals surface area contributed by atoms with Crippen LogP contribution >= 0.6 is 0 Å². The molecule has 0 radical (unpaired) electrons. The number of carbonyl (C=O) groups excluding carboxylic acids is 1. The van der Waals surface area contributed by atoms with Crippen molar-refractivity contribution in [3.63, 3.8) is 0 Å². The first-order valence-corrected chi connectivity index (χ1v) is 8.17. The molecule has 1 aliphatic rings. The van der Waals surface area contributed by atoms with Gasteiger partial charge in [-0.3, -0.25) is 4.68 Å². The van der Waals surface area contributed by atoms with Crippen molar-refractivity contribution in [3.8, 4) is 0 Å².